The Bertz CT molecular complexity index is 814. The first-order valence-corrected chi connectivity index (χ1v) is 6.10. The number of halogens is 3. The van der Waals surface area contributed by atoms with Crippen LogP contribution in [0.15, 0.2) is 30.3 Å². The van der Waals surface area contributed by atoms with E-state index in [2.05, 4.69) is 4.98 Å². The van der Waals surface area contributed by atoms with Crippen LogP contribution in [-0.4, -0.2) is 10.9 Å². The Labute approximate surface area is 125 Å². The van der Waals surface area contributed by atoms with Gasteiger partial charge in [0.05, 0.1) is 11.4 Å². The average Bonchev–Trinajstić information content (AvgIpc) is 2.66. The van der Waals surface area contributed by atoms with E-state index in [1.807, 2.05) is 18.2 Å². The first kappa shape index (κ1) is 14.6. The second-order valence-corrected chi connectivity index (χ2v) is 4.87. The monoisotopic (exact) mass is 312 g/mol. The van der Waals surface area contributed by atoms with Crippen molar-refractivity contribution in [1.29, 1.82) is 0 Å². The minimum atomic E-state index is -0.448. The molecule has 0 radical (unpaired) electrons. The van der Waals surface area contributed by atoms with Gasteiger partial charge in [-0.2, -0.15) is 0 Å². The van der Waals surface area contributed by atoms with Gasteiger partial charge >= 0.3 is 0 Å². The van der Waals surface area contributed by atoms with Crippen LogP contribution in [-0.2, 0) is 11.2 Å². The highest BCUT2D eigenvalue weighted by atomic mass is 35.5. The molecule has 0 aliphatic rings. The van der Waals surface area contributed by atoms with E-state index in [1.54, 1.807) is 6.07 Å². The Balaban J connectivity index is 0.00000147. The average molecular weight is 313 g/mol. The van der Waals surface area contributed by atoms with Crippen LogP contribution in [0.25, 0.3) is 21.8 Å². The Morgan fingerprint density at radius 2 is 1.90 bits per heavy atom. The highest BCUT2D eigenvalue weighted by molar-refractivity contribution is 6.31. The zero-order valence-corrected chi connectivity index (χ0v) is 11.8. The predicted molar refractivity (Wildman–Crippen MR) is 80.9 cm³/mol. The fourth-order valence-electron chi connectivity index (χ4n) is 2.26. The second-order valence-electron chi connectivity index (χ2n) is 4.46. The minimum absolute atomic E-state index is 0. The molecule has 3 aromatic rings. The van der Waals surface area contributed by atoms with E-state index in [4.69, 9.17) is 17.3 Å². The number of aromatic amines is 1. The number of benzene rings is 2. The van der Waals surface area contributed by atoms with Gasteiger partial charge in [-0.3, -0.25) is 4.79 Å². The standard InChI is InChI=1S/C14H10ClFN2O.ClH/c15-10-6-13-9(5-11(10)16)8-2-1-7(4-14(17)19)3-12(8)18-13;/h1-3,5-6,18H,4H2,(H2,17,19);1H. The molecule has 0 saturated heterocycles. The van der Waals surface area contributed by atoms with Crippen molar-refractivity contribution in [2.45, 2.75) is 6.42 Å². The van der Waals surface area contributed by atoms with Gasteiger partial charge in [0, 0.05) is 21.8 Å². The van der Waals surface area contributed by atoms with E-state index >= 15 is 0 Å². The normalized spacial score (nSPS) is 10.7. The maximum atomic E-state index is 13.5. The van der Waals surface area contributed by atoms with Crippen molar-refractivity contribution in [3.05, 3.63) is 46.7 Å². The van der Waals surface area contributed by atoms with Crippen LogP contribution in [0, 0.1) is 5.82 Å². The molecule has 0 atom stereocenters. The van der Waals surface area contributed by atoms with E-state index in [1.165, 1.54) is 6.07 Å². The molecule has 6 heteroatoms. The van der Waals surface area contributed by atoms with Crippen LogP contribution in [0.1, 0.15) is 5.56 Å². The quantitative estimate of drug-likeness (QED) is 0.746. The van der Waals surface area contributed by atoms with Crippen LogP contribution in [0.3, 0.4) is 0 Å². The van der Waals surface area contributed by atoms with Crippen molar-refractivity contribution >= 4 is 51.7 Å². The Kier molecular flexibility index (Phi) is 3.88. The van der Waals surface area contributed by atoms with E-state index in [-0.39, 0.29) is 29.8 Å². The number of fused-ring (bicyclic) bond motifs is 3. The lowest BCUT2D eigenvalue weighted by atomic mass is 10.1. The van der Waals surface area contributed by atoms with Crippen LogP contribution < -0.4 is 5.73 Å². The summed E-state index contributed by atoms with van der Waals surface area (Å²) >= 11 is 5.76. The van der Waals surface area contributed by atoms with Crippen molar-refractivity contribution in [3.8, 4) is 0 Å². The minimum Gasteiger partial charge on any atom is -0.369 e. The van der Waals surface area contributed by atoms with E-state index in [0.29, 0.717) is 0 Å². The third kappa shape index (κ3) is 2.44. The summed E-state index contributed by atoms with van der Waals surface area (Å²) in [6.45, 7) is 0. The molecule has 0 bridgehead atoms. The molecule has 0 aliphatic carbocycles. The number of nitrogens with two attached hydrogens (primary N) is 1. The molecule has 1 amide bonds. The number of carbonyl (C=O) groups is 1. The fraction of sp³-hybridized carbons (Fsp3) is 0.0714. The van der Waals surface area contributed by atoms with Gasteiger partial charge in [-0.1, -0.05) is 23.7 Å². The lowest BCUT2D eigenvalue weighted by Gasteiger charge is -1.98. The summed E-state index contributed by atoms with van der Waals surface area (Å²) in [5.74, 6) is -0.833. The summed E-state index contributed by atoms with van der Waals surface area (Å²) < 4.78 is 13.5. The van der Waals surface area contributed by atoms with E-state index in [9.17, 15) is 9.18 Å². The summed E-state index contributed by atoms with van der Waals surface area (Å²) in [6.07, 6.45) is 0.181. The number of hydrogen-bond donors (Lipinski definition) is 2. The molecule has 20 heavy (non-hydrogen) atoms. The molecule has 104 valence electrons. The lowest BCUT2D eigenvalue weighted by Crippen LogP contribution is -2.13. The molecule has 3 rings (SSSR count). The summed E-state index contributed by atoms with van der Waals surface area (Å²) in [5.41, 5.74) is 7.58. The summed E-state index contributed by atoms with van der Waals surface area (Å²) in [4.78, 5) is 14.1. The number of hydrogen-bond acceptors (Lipinski definition) is 1. The van der Waals surface area contributed by atoms with Crippen molar-refractivity contribution in [1.82, 2.24) is 4.98 Å². The maximum absolute atomic E-state index is 13.5. The van der Waals surface area contributed by atoms with Gasteiger partial charge in [0.25, 0.3) is 0 Å². The van der Waals surface area contributed by atoms with Gasteiger partial charge < -0.3 is 10.7 Å². The summed E-state index contributed by atoms with van der Waals surface area (Å²) in [5, 5.41) is 1.73. The summed E-state index contributed by atoms with van der Waals surface area (Å²) in [7, 11) is 0. The zero-order valence-electron chi connectivity index (χ0n) is 10.2. The number of H-pyrrole nitrogens is 1. The number of rotatable bonds is 2. The SMILES string of the molecule is Cl.NC(=O)Cc1ccc2c(c1)[nH]c1cc(Cl)c(F)cc12. The molecule has 2 aromatic carbocycles. The first-order chi connectivity index (χ1) is 9.04. The number of primary amides is 1. The molecular weight excluding hydrogens is 302 g/mol. The molecular formula is C14H11Cl2FN2O. The molecule has 0 saturated carbocycles. The first-order valence-electron chi connectivity index (χ1n) is 5.72. The zero-order chi connectivity index (χ0) is 13.6. The Morgan fingerprint density at radius 1 is 1.20 bits per heavy atom. The second kappa shape index (κ2) is 5.31. The van der Waals surface area contributed by atoms with Crippen LogP contribution in [0.2, 0.25) is 5.02 Å². The van der Waals surface area contributed by atoms with Gasteiger partial charge in [-0.05, 0) is 23.8 Å². The van der Waals surface area contributed by atoms with Crippen molar-refractivity contribution in [3.63, 3.8) is 0 Å². The highest BCUT2D eigenvalue weighted by Crippen LogP contribution is 2.30. The molecule has 0 aliphatic heterocycles. The predicted octanol–water partition coefficient (Wildman–Crippen LogP) is 3.56. The third-order valence-corrected chi connectivity index (χ3v) is 3.37. The topological polar surface area (TPSA) is 58.9 Å². The van der Waals surface area contributed by atoms with Gasteiger partial charge in [-0.15, -0.1) is 12.4 Å². The van der Waals surface area contributed by atoms with Gasteiger partial charge in [0.2, 0.25) is 5.91 Å². The molecule has 1 heterocycles. The Hall–Kier alpha value is -1.78. The number of nitrogens with one attached hydrogen (secondary N) is 1. The molecule has 0 spiro atoms. The van der Waals surface area contributed by atoms with Gasteiger partial charge in [-0.25, -0.2) is 4.39 Å². The lowest BCUT2D eigenvalue weighted by molar-refractivity contribution is -0.117. The highest BCUT2D eigenvalue weighted by Gasteiger charge is 2.09. The molecule has 3 nitrogen and oxygen atoms in total. The fourth-order valence-corrected chi connectivity index (χ4v) is 2.42. The number of amides is 1. The third-order valence-electron chi connectivity index (χ3n) is 3.08. The van der Waals surface area contributed by atoms with Crippen LogP contribution >= 0.6 is 24.0 Å². The molecule has 0 unspecified atom stereocenters. The van der Waals surface area contributed by atoms with E-state index in [0.717, 1.165) is 27.4 Å². The molecule has 0 fully saturated rings. The number of carbonyl (C=O) groups excluding carboxylic acids is 1. The maximum Gasteiger partial charge on any atom is 0.221 e. The van der Waals surface area contributed by atoms with Crippen molar-refractivity contribution in [2.24, 2.45) is 5.73 Å². The number of aromatic nitrogens is 1. The largest absolute Gasteiger partial charge is 0.369 e. The smallest absolute Gasteiger partial charge is 0.221 e. The Morgan fingerprint density at radius 3 is 2.60 bits per heavy atom. The van der Waals surface area contributed by atoms with Gasteiger partial charge in [0.15, 0.2) is 0 Å². The van der Waals surface area contributed by atoms with Crippen molar-refractivity contribution in [2.75, 3.05) is 0 Å². The van der Waals surface area contributed by atoms with E-state index < -0.39 is 5.82 Å². The van der Waals surface area contributed by atoms with Gasteiger partial charge in [0.1, 0.15) is 5.82 Å². The summed E-state index contributed by atoms with van der Waals surface area (Å²) in [6, 6.07) is 8.46. The molecule has 3 N–H and O–H groups in total. The molecule has 1 aromatic heterocycles. The van der Waals surface area contributed by atoms with Crippen LogP contribution in [0.4, 0.5) is 4.39 Å². The van der Waals surface area contributed by atoms with Crippen LogP contribution in [0.5, 0.6) is 0 Å². The van der Waals surface area contributed by atoms with Crippen molar-refractivity contribution < 1.29 is 9.18 Å².